The molecule has 0 spiro atoms. The number of carbonyl (C=O) groups excluding carboxylic acids is 2. The third-order valence-electron chi connectivity index (χ3n) is 19.9. The van der Waals surface area contributed by atoms with Crippen LogP contribution in [0, 0.1) is 50.2 Å². The summed E-state index contributed by atoms with van der Waals surface area (Å²) < 4.78 is 42.1. The van der Waals surface area contributed by atoms with Crippen LogP contribution in [0.2, 0.25) is 0 Å². The fourth-order valence-electron chi connectivity index (χ4n) is 15.4. The summed E-state index contributed by atoms with van der Waals surface area (Å²) in [6, 6.07) is 0. The van der Waals surface area contributed by atoms with Gasteiger partial charge in [-0.1, -0.05) is 73.5 Å². The van der Waals surface area contributed by atoms with Crippen molar-refractivity contribution in [3.8, 4) is 0 Å². The number of fused-ring (bicyclic) bond motifs is 7. The zero-order valence-electron chi connectivity index (χ0n) is 42.5. The van der Waals surface area contributed by atoms with Crippen molar-refractivity contribution in [3.05, 3.63) is 11.6 Å². The predicted octanol–water partition coefficient (Wildman–Crippen LogP) is 2.52. The Balaban J connectivity index is 1.02. The van der Waals surface area contributed by atoms with Gasteiger partial charge in [-0.05, 0) is 115 Å². The Hall–Kier alpha value is -1.88. The summed E-state index contributed by atoms with van der Waals surface area (Å²) in [4.78, 5) is 28.2. The molecule has 70 heavy (non-hydrogen) atoms. The van der Waals surface area contributed by atoms with Crippen LogP contribution >= 0.6 is 0 Å². The molecule has 0 unspecified atom stereocenters. The normalized spacial score (nSPS) is 49.8. The number of allylic oxidation sites excluding steroid dienone is 2. The number of aliphatic hydroxyl groups excluding tert-OH is 9. The highest BCUT2D eigenvalue weighted by Crippen LogP contribution is 2.76. The molecule has 3 heterocycles. The Morgan fingerprint density at radius 2 is 1.33 bits per heavy atom. The second-order valence-electron chi connectivity index (χ2n) is 24.6. The van der Waals surface area contributed by atoms with Gasteiger partial charge in [-0.3, -0.25) is 4.79 Å². The SMILES string of the molecule is CCCCOC(=O)[C@H]1O[C@@H](O[C@H]2CC[C@]3(C)[C@H]4CC=C5[C@@H]6CC(C)(C)CC[C@]6(C(=O)O[C@@H]6O[C@H](CO)[C@@H](O)[C@H](O)[C@H]6O)CC[C@@]5(C)[C@]4(C)CC[C@H]3C2(C)C)C[C@@H](O[C@@H]2O[C@H](CO)[C@H](O)[C@H](O)[C@H]2O)[C@@H]1O. The molecule has 3 aliphatic heterocycles. The fourth-order valence-corrected chi connectivity index (χ4v) is 15.4. The van der Waals surface area contributed by atoms with Crippen LogP contribution in [0.15, 0.2) is 11.6 Å². The van der Waals surface area contributed by atoms with E-state index in [-0.39, 0.29) is 58.5 Å². The monoisotopic (exact) mass is 997 g/mol. The number of unbranched alkanes of at least 4 members (excludes halogenated alkanes) is 1. The maximum absolute atomic E-state index is 14.7. The van der Waals surface area contributed by atoms with Gasteiger partial charge in [0.15, 0.2) is 18.7 Å². The van der Waals surface area contributed by atoms with E-state index in [0.29, 0.717) is 25.7 Å². The number of esters is 2. The number of rotatable bonds is 12. The minimum Gasteiger partial charge on any atom is -0.464 e. The van der Waals surface area contributed by atoms with Crippen LogP contribution in [0.5, 0.6) is 0 Å². The first kappa shape index (κ1) is 54.4. The highest BCUT2D eigenvalue weighted by atomic mass is 16.7. The molecule has 8 rings (SSSR count). The smallest absolute Gasteiger partial charge is 0.338 e. The summed E-state index contributed by atoms with van der Waals surface area (Å²) in [7, 11) is 0. The lowest BCUT2D eigenvalue weighted by atomic mass is 9.33. The lowest BCUT2D eigenvalue weighted by molar-refractivity contribution is -0.343. The molecule has 0 aromatic heterocycles. The molecule has 22 atom stereocenters. The van der Waals surface area contributed by atoms with E-state index in [2.05, 4.69) is 54.5 Å². The maximum atomic E-state index is 14.7. The zero-order chi connectivity index (χ0) is 51.1. The van der Waals surface area contributed by atoms with Crippen molar-refractivity contribution in [3.63, 3.8) is 0 Å². The molecule has 0 aromatic rings. The topological polar surface area (TPSA) is 281 Å². The number of aliphatic hydroxyl groups is 9. The standard InChI is InChI=1S/C52H84O18/c1-9-10-21-64-43(62)42-37(57)28(65-44-40(60)38(58)35(55)29(24-53)66-44)22-34(69-42)68-33-14-15-49(6)31(48(33,4)5)13-16-51(8)32(49)12-11-26-27-23-47(2,3)17-19-52(27,20-18-50(26,51)7)46(63)70-45-41(61)39(59)36(56)30(25-54)67-45/h11,27-42,44-45,53-61H,9-10,12-25H2,1-8H3/t27-,28+,29+,30+,31-,32+,33-,34+,35-,36+,37-,38-,39-,40+,41+,42-,44+,45-,49-,50+,51+,52-/m0/s1. The third kappa shape index (κ3) is 9.04. The number of ether oxygens (including phenoxy) is 7. The molecule has 0 radical (unpaired) electrons. The van der Waals surface area contributed by atoms with Crippen LogP contribution < -0.4 is 0 Å². The largest absolute Gasteiger partial charge is 0.464 e. The van der Waals surface area contributed by atoms with Gasteiger partial charge in [0.1, 0.15) is 54.9 Å². The van der Waals surface area contributed by atoms with Gasteiger partial charge in [-0.2, -0.15) is 0 Å². The average Bonchev–Trinajstić information content (AvgIpc) is 3.31. The van der Waals surface area contributed by atoms with Crippen molar-refractivity contribution in [2.45, 2.75) is 231 Å². The average molecular weight is 997 g/mol. The van der Waals surface area contributed by atoms with Crippen molar-refractivity contribution in [1.29, 1.82) is 0 Å². The Morgan fingerprint density at radius 3 is 1.97 bits per heavy atom. The van der Waals surface area contributed by atoms with E-state index in [1.54, 1.807) is 0 Å². The van der Waals surface area contributed by atoms with Gasteiger partial charge in [0.05, 0.1) is 37.4 Å². The summed E-state index contributed by atoms with van der Waals surface area (Å²) in [6.45, 7) is 17.1. The van der Waals surface area contributed by atoms with Gasteiger partial charge in [-0.15, -0.1) is 0 Å². The number of carbonyl (C=O) groups is 2. The predicted molar refractivity (Wildman–Crippen MR) is 248 cm³/mol. The second-order valence-corrected chi connectivity index (χ2v) is 24.6. The van der Waals surface area contributed by atoms with Gasteiger partial charge < -0.3 is 79.1 Å². The summed E-state index contributed by atoms with van der Waals surface area (Å²) >= 11 is 0. The Kier molecular flexibility index (Phi) is 15.5. The Labute approximate surface area is 412 Å². The third-order valence-corrected chi connectivity index (χ3v) is 19.9. The van der Waals surface area contributed by atoms with Crippen molar-refractivity contribution < 1.29 is 88.7 Å². The second kappa shape index (κ2) is 20.0. The first-order chi connectivity index (χ1) is 32.8. The highest BCUT2D eigenvalue weighted by molar-refractivity contribution is 5.79. The van der Waals surface area contributed by atoms with Gasteiger partial charge in [0.2, 0.25) is 6.29 Å². The molecule has 5 aliphatic carbocycles. The first-order valence-electron chi connectivity index (χ1n) is 26.2. The minimum absolute atomic E-state index is 0.0535. The van der Waals surface area contributed by atoms with Crippen molar-refractivity contribution in [2.24, 2.45) is 50.2 Å². The molecule has 0 amide bonds. The molecule has 18 heteroatoms. The molecule has 7 fully saturated rings. The lowest BCUT2D eigenvalue weighted by Crippen LogP contribution is -2.66. The van der Waals surface area contributed by atoms with Crippen LogP contribution in [0.3, 0.4) is 0 Å². The van der Waals surface area contributed by atoms with E-state index < -0.39 is 122 Å². The van der Waals surface area contributed by atoms with Crippen LogP contribution in [0.1, 0.15) is 139 Å². The van der Waals surface area contributed by atoms with E-state index in [9.17, 15) is 55.5 Å². The zero-order valence-corrected chi connectivity index (χ0v) is 42.5. The highest BCUT2D eigenvalue weighted by Gasteiger charge is 2.70. The molecule has 4 saturated carbocycles. The Bertz CT molecular complexity index is 1910. The minimum atomic E-state index is -1.73. The summed E-state index contributed by atoms with van der Waals surface area (Å²) in [6.07, 6.45) is -9.68. The van der Waals surface area contributed by atoms with Crippen molar-refractivity contribution >= 4 is 11.9 Å². The van der Waals surface area contributed by atoms with Gasteiger partial charge in [0.25, 0.3) is 0 Å². The Morgan fingerprint density at radius 1 is 0.700 bits per heavy atom. The van der Waals surface area contributed by atoms with Crippen molar-refractivity contribution in [1.82, 2.24) is 0 Å². The quantitative estimate of drug-likeness (QED) is 0.0588. The molecular formula is C52H84O18. The fraction of sp³-hybridized carbons (Fsp3) is 0.923. The lowest BCUT2D eigenvalue weighted by Gasteiger charge is -2.71. The van der Waals surface area contributed by atoms with E-state index in [0.717, 1.165) is 51.4 Å². The molecule has 400 valence electrons. The summed E-state index contributed by atoms with van der Waals surface area (Å²) in [5, 5.41) is 94.8. The van der Waals surface area contributed by atoms with Crippen LogP contribution in [0.25, 0.3) is 0 Å². The van der Waals surface area contributed by atoms with Crippen LogP contribution in [-0.4, -0.2) is 170 Å². The van der Waals surface area contributed by atoms with E-state index in [1.807, 2.05) is 6.92 Å². The summed E-state index contributed by atoms with van der Waals surface area (Å²) in [5.74, 6) is -0.903. The molecule has 8 aliphatic rings. The molecule has 3 saturated heterocycles. The molecular weight excluding hydrogens is 913 g/mol. The maximum Gasteiger partial charge on any atom is 0.338 e. The van der Waals surface area contributed by atoms with E-state index >= 15 is 0 Å². The molecule has 18 nitrogen and oxygen atoms in total. The van der Waals surface area contributed by atoms with Crippen molar-refractivity contribution in [2.75, 3.05) is 19.8 Å². The van der Waals surface area contributed by atoms with E-state index in [4.69, 9.17) is 33.2 Å². The summed E-state index contributed by atoms with van der Waals surface area (Å²) in [5.41, 5.74) is -0.538. The van der Waals surface area contributed by atoms with Gasteiger partial charge >= 0.3 is 11.9 Å². The number of hydrogen-bond donors (Lipinski definition) is 9. The van der Waals surface area contributed by atoms with E-state index in [1.165, 1.54) is 5.57 Å². The van der Waals surface area contributed by atoms with Gasteiger partial charge in [0, 0.05) is 6.42 Å². The molecule has 0 bridgehead atoms. The van der Waals surface area contributed by atoms with Crippen LogP contribution in [-0.2, 0) is 42.7 Å². The van der Waals surface area contributed by atoms with Gasteiger partial charge in [-0.25, -0.2) is 4.79 Å². The molecule has 0 aromatic carbocycles. The molecule has 9 N–H and O–H groups in total. The number of hydrogen-bond acceptors (Lipinski definition) is 18. The first-order valence-corrected chi connectivity index (χ1v) is 26.2. The van der Waals surface area contributed by atoms with Crippen LogP contribution in [0.4, 0.5) is 0 Å².